The number of hydrogen-bond donors (Lipinski definition) is 0. The van der Waals surface area contributed by atoms with E-state index >= 15 is 0 Å². The summed E-state index contributed by atoms with van der Waals surface area (Å²) in [4.78, 5) is 13.9. The summed E-state index contributed by atoms with van der Waals surface area (Å²) in [5.74, 6) is 0.490. The van der Waals surface area contributed by atoms with E-state index in [2.05, 4.69) is 13.8 Å². The second-order valence-corrected chi connectivity index (χ2v) is 7.96. The van der Waals surface area contributed by atoms with E-state index in [9.17, 15) is 4.79 Å². The van der Waals surface area contributed by atoms with Crippen LogP contribution in [0.1, 0.15) is 97.3 Å². The van der Waals surface area contributed by atoms with Crippen LogP contribution in [0.15, 0.2) is 0 Å². The molecule has 0 radical (unpaired) electrons. The van der Waals surface area contributed by atoms with Crippen molar-refractivity contribution in [2.75, 3.05) is 20.7 Å². The number of rotatable bonds is 15. The minimum absolute atomic E-state index is 0.147. The molecule has 142 valence electrons. The van der Waals surface area contributed by atoms with Gasteiger partial charge < -0.3 is 9.64 Å². The Hall–Kier alpha value is -0.570. The number of carbonyl (C=O) groups is 1. The van der Waals surface area contributed by atoms with Gasteiger partial charge in [0.05, 0.1) is 6.61 Å². The summed E-state index contributed by atoms with van der Waals surface area (Å²) in [5.41, 5.74) is -0.485. The molecule has 0 aliphatic carbocycles. The average molecular weight is 340 g/mol. The molecule has 24 heavy (non-hydrogen) atoms. The summed E-state index contributed by atoms with van der Waals surface area (Å²) in [6.07, 6.45) is 17.6. The lowest BCUT2D eigenvalue weighted by Gasteiger charge is -2.22. The number of unbranched alkanes of at least 4 members (excludes halogenated alkanes) is 11. The molecule has 3 heteroatoms. The Kier molecular flexibility index (Phi) is 10.6. The van der Waals surface area contributed by atoms with Crippen molar-refractivity contribution in [3.05, 3.63) is 0 Å². The largest absolute Gasteiger partial charge is 0.359 e. The molecular formula is C21H41NO2. The van der Waals surface area contributed by atoms with Crippen molar-refractivity contribution < 1.29 is 9.53 Å². The summed E-state index contributed by atoms with van der Waals surface area (Å²) >= 11 is 0. The van der Waals surface area contributed by atoms with Gasteiger partial charge in [0.2, 0.25) is 0 Å². The number of ether oxygens (including phenoxy) is 1. The standard InChI is InChI=1S/C21H41NO2/c1-5-6-7-8-9-10-11-12-13-14-15-16-17-19(2)21(18-24-21)20(23)22(3)4/h19H,5-18H2,1-4H3. The van der Waals surface area contributed by atoms with Gasteiger partial charge in [0.15, 0.2) is 5.60 Å². The molecule has 1 rings (SSSR count). The monoisotopic (exact) mass is 339 g/mol. The van der Waals surface area contributed by atoms with Gasteiger partial charge in [-0.2, -0.15) is 0 Å². The molecule has 1 amide bonds. The second-order valence-electron chi connectivity index (χ2n) is 7.96. The predicted octanol–water partition coefficient (Wildman–Crippen LogP) is 5.57. The van der Waals surface area contributed by atoms with Gasteiger partial charge in [0.25, 0.3) is 5.91 Å². The first-order valence-electron chi connectivity index (χ1n) is 10.4. The first kappa shape index (κ1) is 21.5. The molecule has 3 nitrogen and oxygen atoms in total. The number of hydrogen-bond acceptors (Lipinski definition) is 2. The third-order valence-corrected chi connectivity index (χ3v) is 5.51. The Morgan fingerprint density at radius 2 is 1.33 bits per heavy atom. The second kappa shape index (κ2) is 11.9. The van der Waals surface area contributed by atoms with Gasteiger partial charge in [0.1, 0.15) is 0 Å². The molecule has 1 saturated heterocycles. The van der Waals surface area contributed by atoms with Crippen molar-refractivity contribution in [3.8, 4) is 0 Å². The maximum atomic E-state index is 12.2. The highest BCUT2D eigenvalue weighted by atomic mass is 16.6. The fraction of sp³-hybridized carbons (Fsp3) is 0.952. The molecule has 0 N–H and O–H groups in total. The highest BCUT2D eigenvalue weighted by Crippen LogP contribution is 2.39. The van der Waals surface area contributed by atoms with Gasteiger partial charge in [-0.3, -0.25) is 4.79 Å². The van der Waals surface area contributed by atoms with Crippen molar-refractivity contribution in [1.82, 2.24) is 4.90 Å². The van der Waals surface area contributed by atoms with Gasteiger partial charge in [0, 0.05) is 14.1 Å². The maximum absolute atomic E-state index is 12.2. The minimum Gasteiger partial charge on any atom is -0.359 e. The lowest BCUT2D eigenvalue weighted by Crippen LogP contribution is -2.41. The molecule has 2 atom stereocenters. The van der Waals surface area contributed by atoms with Crippen molar-refractivity contribution >= 4 is 5.91 Å². The smallest absolute Gasteiger partial charge is 0.257 e. The zero-order chi connectivity index (χ0) is 17.8. The Morgan fingerprint density at radius 1 is 0.917 bits per heavy atom. The molecule has 0 saturated carbocycles. The fourth-order valence-electron chi connectivity index (χ4n) is 3.60. The maximum Gasteiger partial charge on any atom is 0.257 e. The molecule has 0 aromatic heterocycles. The van der Waals surface area contributed by atoms with Crippen LogP contribution in [0, 0.1) is 5.92 Å². The van der Waals surface area contributed by atoms with Gasteiger partial charge >= 0.3 is 0 Å². The lowest BCUT2D eigenvalue weighted by molar-refractivity contribution is -0.136. The zero-order valence-electron chi connectivity index (χ0n) is 16.7. The summed E-state index contributed by atoms with van der Waals surface area (Å²) in [7, 11) is 3.64. The number of likely N-dealkylation sites (N-methyl/N-ethyl adjacent to an activating group) is 1. The van der Waals surface area contributed by atoms with Gasteiger partial charge in [-0.1, -0.05) is 90.9 Å². The Balaban J connectivity index is 1.93. The summed E-state index contributed by atoms with van der Waals surface area (Å²) in [5, 5.41) is 0. The highest BCUT2D eigenvalue weighted by molar-refractivity contribution is 5.87. The van der Waals surface area contributed by atoms with E-state index in [1.807, 2.05) is 14.1 Å². The summed E-state index contributed by atoms with van der Waals surface area (Å²) in [6, 6.07) is 0. The predicted molar refractivity (Wildman–Crippen MR) is 102 cm³/mol. The number of amides is 1. The SMILES string of the molecule is CCCCCCCCCCCCCCC(C)C1(C(=O)N(C)C)CO1. The van der Waals surface area contributed by atoms with Crippen LogP contribution < -0.4 is 0 Å². The number of epoxide rings is 1. The van der Waals surface area contributed by atoms with Gasteiger partial charge in [-0.25, -0.2) is 0 Å². The molecule has 1 heterocycles. The van der Waals surface area contributed by atoms with Crippen LogP contribution in [0.4, 0.5) is 0 Å². The molecule has 0 spiro atoms. The topological polar surface area (TPSA) is 32.8 Å². The summed E-state index contributed by atoms with van der Waals surface area (Å²) < 4.78 is 5.55. The molecule has 2 unspecified atom stereocenters. The van der Waals surface area contributed by atoms with Crippen LogP contribution in [0.2, 0.25) is 0 Å². The number of carbonyl (C=O) groups excluding carboxylic acids is 1. The van der Waals surface area contributed by atoms with E-state index in [4.69, 9.17) is 4.74 Å². The Bertz CT molecular complexity index is 337. The van der Waals surface area contributed by atoms with E-state index in [0.717, 1.165) is 6.42 Å². The van der Waals surface area contributed by atoms with E-state index in [1.54, 1.807) is 4.90 Å². The third-order valence-electron chi connectivity index (χ3n) is 5.51. The van der Waals surface area contributed by atoms with Gasteiger partial charge in [-0.05, 0) is 12.3 Å². The van der Waals surface area contributed by atoms with E-state index < -0.39 is 5.60 Å². The molecule has 0 aromatic rings. The minimum atomic E-state index is -0.485. The van der Waals surface area contributed by atoms with Crippen LogP contribution in [0.3, 0.4) is 0 Å². The fourth-order valence-corrected chi connectivity index (χ4v) is 3.60. The van der Waals surface area contributed by atoms with E-state index in [-0.39, 0.29) is 5.91 Å². The summed E-state index contributed by atoms with van der Waals surface area (Å²) in [6.45, 7) is 5.06. The zero-order valence-corrected chi connectivity index (χ0v) is 16.7. The Morgan fingerprint density at radius 3 is 1.71 bits per heavy atom. The first-order chi connectivity index (χ1) is 11.5. The average Bonchev–Trinajstić information content (AvgIpc) is 3.36. The molecule has 1 fully saturated rings. The Labute approximate surface area is 150 Å². The van der Waals surface area contributed by atoms with Crippen LogP contribution in [0.25, 0.3) is 0 Å². The van der Waals surface area contributed by atoms with Crippen molar-refractivity contribution in [2.24, 2.45) is 5.92 Å². The van der Waals surface area contributed by atoms with E-state index in [0.29, 0.717) is 12.5 Å². The quantitative estimate of drug-likeness (QED) is 0.288. The van der Waals surface area contributed by atoms with Crippen molar-refractivity contribution in [2.45, 2.75) is 103 Å². The molecule has 1 aliphatic rings. The van der Waals surface area contributed by atoms with Crippen LogP contribution >= 0.6 is 0 Å². The van der Waals surface area contributed by atoms with Crippen molar-refractivity contribution in [3.63, 3.8) is 0 Å². The molecular weight excluding hydrogens is 298 g/mol. The highest BCUT2D eigenvalue weighted by Gasteiger charge is 2.56. The number of nitrogens with zero attached hydrogens (tertiary/aromatic N) is 1. The van der Waals surface area contributed by atoms with Gasteiger partial charge in [-0.15, -0.1) is 0 Å². The van der Waals surface area contributed by atoms with E-state index in [1.165, 1.54) is 77.0 Å². The van der Waals surface area contributed by atoms with Crippen LogP contribution in [-0.4, -0.2) is 37.1 Å². The molecule has 1 aliphatic heterocycles. The lowest BCUT2D eigenvalue weighted by atomic mass is 9.88. The van der Waals surface area contributed by atoms with Crippen LogP contribution in [-0.2, 0) is 9.53 Å². The molecule has 0 bridgehead atoms. The third kappa shape index (κ3) is 7.55. The normalized spacial score (nSPS) is 20.8. The molecule has 0 aromatic carbocycles. The van der Waals surface area contributed by atoms with Crippen molar-refractivity contribution in [1.29, 1.82) is 0 Å². The first-order valence-corrected chi connectivity index (χ1v) is 10.4. The van der Waals surface area contributed by atoms with Crippen LogP contribution in [0.5, 0.6) is 0 Å².